The fraction of sp³-hybridized carbons (Fsp3) is 0.421. The molecule has 1 fully saturated rings. The highest BCUT2D eigenvalue weighted by Crippen LogP contribution is 2.36. The van der Waals surface area contributed by atoms with Crippen LogP contribution in [0.3, 0.4) is 0 Å². The fourth-order valence-electron chi connectivity index (χ4n) is 3.18. The summed E-state index contributed by atoms with van der Waals surface area (Å²) in [5.74, 6) is 0.914. The third kappa shape index (κ3) is 4.00. The standard InChI is InChI=1S/C19H23ClN2O2/c1-2-24-17-5-3-15(4-6-17)19(8-11-23-12-9-19)14-22-16-7-10-21-18(20)13-16/h3-7,10,13H,2,8-9,11-12,14H2,1H3,(H,21,22). The Morgan fingerprint density at radius 1 is 1.21 bits per heavy atom. The molecule has 1 aromatic carbocycles. The minimum Gasteiger partial charge on any atom is -0.494 e. The molecule has 5 heteroatoms. The van der Waals surface area contributed by atoms with Gasteiger partial charge in [0.1, 0.15) is 10.9 Å². The number of pyridine rings is 1. The first-order valence-corrected chi connectivity index (χ1v) is 8.76. The van der Waals surface area contributed by atoms with Crippen LogP contribution in [0.4, 0.5) is 5.69 Å². The molecule has 0 spiro atoms. The lowest BCUT2D eigenvalue weighted by Crippen LogP contribution is -2.40. The molecule has 1 aliphatic heterocycles. The van der Waals surface area contributed by atoms with E-state index in [-0.39, 0.29) is 5.41 Å². The average molecular weight is 347 g/mol. The molecule has 0 amide bonds. The van der Waals surface area contributed by atoms with Crippen LogP contribution < -0.4 is 10.1 Å². The Labute approximate surface area is 148 Å². The maximum Gasteiger partial charge on any atom is 0.131 e. The van der Waals surface area contributed by atoms with Gasteiger partial charge in [0.2, 0.25) is 0 Å². The van der Waals surface area contributed by atoms with Crippen LogP contribution in [0, 0.1) is 0 Å². The van der Waals surface area contributed by atoms with Crippen molar-refractivity contribution in [2.24, 2.45) is 0 Å². The van der Waals surface area contributed by atoms with Gasteiger partial charge in [-0.15, -0.1) is 0 Å². The van der Waals surface area contributed by atoms with Crippen LogP contribution in [0.1, 0.15) is 25.3 Å². The smallest absolute Gasteiger partial charge is 0.131 e. The lowest BCUT2D eigenvalue weighted by molar-refractivity contribution is 0.0544. The van der Waals surface area contributed by atoms with E-state index in [1.165, 1.54) is 5.56 Å². The Bertz CT molecular complexity index is 655. The van der Waals surface area contributed by atoms with Crippen LogP contribution in [-0.4, -0.2) is 31.3 Å². The van der Waals surface area contributed by atoms with Crippen LogP contribution in [-0.2, 0) is 10.2 Å². The third-order valence-electron chi connectivity index (χ3n) is 4.59. The van der Waals surface area contributed by atoms with Crippen molar-refractivity contribution < 1.29 is 9.47 Å². The molecular weight excluding hydrogens is 324 g/mol. The second-order valence-electron chi connectivity index (χ2n) is 6.07. The predicted octanol–water partition coefficient (Wildman–Crippen LogP) is 4.29. The quantitative estimate of drug-likeness (QED) is 0.792. The van der Waals surface area contributed by atoms with Crippen molar-refractivity contribution in [2.45, 2.75) is 25.2 Å². The molecule has 1 aliphatic rings. The van der Waals surface area contributed by atoms with E-state index in [0.717, 1.165) is 44.0 Å². The summed E-state index contributed by atoms with van der Waals surface area (Å²) in [4.78, 5) is 4.03. The first kappa shape index (κ1) is 17.1. The van der Waals surface area contributed by atoms with Crippen molar-refractivity contribution in [2.75, 3.05) is 31.7 Å². The minimum absolute atomic E-state index is 0.0543. The largest absolute Gasteiger partial charge is 0.494 e. The normalized spacial score (nSPS) is 16.6. The van der Waals surface area contributed by atoms with Gasteiger partial charge in [0.25, 0.3) is 0 Å². The Balaban J connectivity index is 1.79. The lowest BCUT2D eigenvalue weighted by Gasteiger charge is -2.38. The van der Waals surface area contributed by atoms with Crippen LogP contribution in [0.5, 0.6) is 5.75 Å². The number of aromatic nitrogens is 1. The predicted molar refractivity (Wildman–Crippen MR) is 97.1 cm³/mol. The van der Waals surface area contributed by atoms with Crippen molar-refractivity contribution >= 4 is 17.3 Å². The van der Waals surface area contributed by atoms with Crippen LogP contribution in [0.25, 0.3) is 0 Å². The molecule has 0 unspecified atom stereocenters. The molecule has 2 aromatic rings. The number of ether oxygens (including phenoxy) is 2. The molecule has 4 nitrogen and oxygen atoms in total. The zero-order valence-electron chi connectivity index (χ0n) is 13.9. The number of halogens is 1. The summed E-state index contributed by atoms with van der Waals surface area (Å²) in [5, 5.41) is 4.02. The Morgan fingerprint density at radius 3 is 2.62 bits per heavy atom. The Kier molecular flexibility index (Phi) is 5.59. The first-order valence-electron chi connectivity index (χ1n) is 8.38. The van der Waals surface area contributed by atoms with E-state index in [1.54, 1.807) is 6.20 Å². The molecule has 3 rings (SSSR count). The van der Waals surface area contributed by atoms with Crippen LogP contribution in [0.2, 0.25) is 5.15 Å². The minimum atomic E-state index is 0.0543. The van der Waals surface area contributed by atoms with E-state index >= 15 is 0 Å². The van der Waals surface area contributed by atoms with E-state index in [4.69, 9.17) is 21.1 Å². The van der Waals surface area contributed by atoms with Crippen LogP contribution in [0.15, 0.2) is 42.6 Å². The van der Waals surface area contributed by atoms with E-state index in [9.17, 15) is 0 Å². The van der Waals surface area contributed by atoms with Gasteiger partial charge in [-0.25, -0.2) is 4.98 Å². The number of nitrogens with zero attached hydrogens (tertiary/aromatic N) is 1. The van der Waals surface area contributed by atoms with E-state index in [1.807, 2.05) is 19.1 Å². The van der Waals surface area contributed by atoms with Crippen molar-refractivity contribution in [1.29, 1.82) is 0 Å². The molecular formula is C19H23ClN2O2. The Hall–Kier alpha value is -1.78. The number of hydrogen-bond acceptors (Lipinski definition) is 4. The molecule has 1 aromatic heterocycles. The molecule has 0 bridgehead atoms. The summed E-state index contributed by atoms with van der Waals surface area (Å²) in [5.41, 5.74) is 2.37. The maximum atomic E-state index is 5.98. The van der Waals surface area contributed by atoms with E-state index in [2.05, 4.69) is 34.6 Å². The van der Waals surface area contributed by atoms with Gasteiger partial charge in [-0.2, -0.15) is 0 Å². The molecule has 128 valence electrons. The van der Waals surface area contributed by atoms with Gasteiger partial charge in [-0.1, -0.05) is 23.7 Å². The van der Waals surface area contributed by atoms with Crippen molar-refractivity contribution in [1.82, 2.24) is 4.98 Å². The monoisotopic (exact) mass is 346 g/mol. The van der Waals surface area contributed by atoms with Gasteiger partial charge in [0.15, 0.2) is 0 Å². The lowest BCUT2D eigenvalue weighted by atomic mass is 9.74. The summed E-state index contributed by atoms with van der Waals surface area (Å²) >= 11 is 5.98. The summed E-state index contributed by atoms with van der Waals surface area (Å²) in [6, 6.07) is 12.3. The van der Waals surface area contributed by atoms with Crippen LogP contribution >= 0.6 is 11.6 Å². The number of hydrogen-bond donors (Lipinski definition) is 1. The van der Waals surface area contributed by atoms with Gasteiger partial charge in [-0.05, 0) is 49.6 Å². The summed E-state index contributed by atoms with van der Waals surface area (Å²) in [7, 11) is 0. The van der Waals surface area contributed by atoms with E-state index in [0.29, 0.717) is 11.8 Å². The molecule has 1 saturated heterocycles. The second kappa shape index (κ2) is 7.86. The van der Waals surface area contributed by atoms with Gasteiger partial charge >= 0.3 is 0 Å². The van der Waals surface area contributed by atoms with Crippen molar-refractivity contribution in [3.63, 3.8) is 0 Å². The van der Waals surface area contributed by atoms with Gasteiger partial charge in [-0.3, -0.25) is 0 Å². The zero-order valence-corrected chi connectivity index (χ0v) is 14.7. The molecule has 2 heterocycles. The number of benzene rings is 1. The molecule has 0 radical (unpaired) electrons. The molecule has 1 N–H and O–H groups in total. The first-order chi connectivity index (χ1) is 11.7. The Morgan fingerprint density at radius 2 is 1.96 bits per heavy atom. The van der Waals surface area contributed by atoms with Crippen molar-refractivity contribution in [3.8, 4) is 5.75 Å². The number of rotatable bonds is 6. The number of anilines is 1. The maximum absolute atomic E-state index is 5.98. The highest BCUT2D eigenvalue weighted by molar-refractivity contribution is 6.29. The molecule has 24 heavy (non-hydrogen) atoms. The van der Waals surface area contributed by atoms with Crippen molar-refractivity contribution in [3.05, 3.63) is 53.3 Å². The zero-order chi connectivity index (χ0) is 16.8. The van der Waals surface area contributed by atoms with Gasteiger partial charge < -0.3 is 14.8 Å². The van der Waals surface area contributed by atoms with E-state index < -0.39 is 0 Å². The highest BCUT2D eigenvalue weighted by atomic mass is 35.5. The molecule has 0 aliphatic carbocycles. The average Bonchev–Trinajstić information content (AvgIpc) is 2.62. The molecule has 0 atom stereocenters. The van der Waals surface area contributed by atoms with Gasteiger partial charge in [0, 0.05) is 37.1 Å². The summed E-state index contributed by atoms with van der Waals surface area (Å²) in [6.45, 7) is 5.09. The topological polar surface area (TPSA) is 43.4 Å². The third-order valence-corrected chi connectivity index (χ3v) is 4.79. The number of nitrogens with one attached hydrogen (secondary N) is 1. The fourth-order valence-corrected chi connectivity index (χ4v) is 3.36. The second-order valence-corrected chi connectivity index (χ2v) is 6.46. The highest BCUT2D eigenvalue weighted by Gasteiger charge is 2.34. The summed E-state index contributed by atoms with van der Waals surface area (Å²) < 4.78 is 11.2. The summed E-state index contributed by atoms with van der Waals surface area (Å²) in [6.07, 6.45) is 3.71. The van der Waals surface area contributed by atoms with Gasteiger partial charge in [0.05, 0.1) is 6.61 Å². The molecule has 0 saturated carbocycles. The SMILES string of the molecule is CCOc1ccc(C2(CNc3ccnc(Cl)c3)CCOCC2)cc1.